The van der Waals surface area contributed by atoms with Crippen LogP contribution < -0.4 is 5.32 Å². The molecule has 0 aromatic carbocycles. The molecule has 0 aliphatic heterocycles. The molecule has 0 unspecified atom stereocenters. The van der Waals surface area contributed by atoms with E-state index in [0.29, 0.717) is 12.1 Å². The summed E-state index contributed by atoms with van der Waals surface area (Å²) >= 11 is 0. The molecule has 68 valence electrons. The third kappa shape index (κ3) is 6.80. The topological polar surface area (TPSA) is 55.4 Å². The van der Waals surface area contributed by atoms with Gasteiger partial charge in [-0.2, -0.15) is 0 Å². The second-order valence-electron chi connectivity index (χ2n) is 2.37. The average molecular weight is 171 g/mol. The molecule has 1 amide bonds. The fourth-order valence-corrected chi connectivity index (χ4v) is 0.629. The standard InChI is InChI=1S/C8H13NO3/c1-6(9-7(2)10)4-5-12-8(3)11/h1,4-5H2,2-3H3,(H,9,10). The van der Waals surface area contributed by atoms with Crippen LogP contribution in [0, 0.1) is 0 Å². The predicted octanol–water partition coefficient (Wildman–Crippen LogP) is 0.589. The largest absolute Gasteiger partial charge is 0.465 e. The van der Waals surface area contributed by atoms with Gasteiger partial charge in [0, 0.05) is 26.0 Å². The lowest BCUT2D eigenvalue weighted by Crippen LogP contribution is -2.19. The summed E-state index contributed by atoms with van der Waals surface area (Å²) in [5.74, 6) is -0.492. The fraction of sp³-hybridized carbons (Fsp3) is 0.500. The summed E-state index contributed by atoms with van der Waals surface area (Å²) in [5.41, 5.74) is 0.559. The summed E-state index contributed by atoms with van der Waals surface area (Å²) < 4.78 is 4.64. The van der Waals surface area contributed by atoms with Crippen LogP contribution in [0.3, 0.4) is 0 Å². The summed E-state index contributed by atoms with van der Waals surface area (Å²) in [6, 6.07) is 0. The lowest BCUT2D eigenvalue weighted by atomic mass is 10.3. The molecule has 4 nitrogen and oxygen atoms in total. The smallest absolute Gasteiger partial charge is 0.302 e. The fourth-order valence-electron chi connectivity index (χ4n) is 0.629. The molecule has 1 N–H and O–H groups in total. The molecular weight excluding hydrogens is 158 g/mol. The zero-order valence-electron chi connectivity index (χ0n) is 7.35. The minimum atomic E-state index is -0.328. The molecule has 0 bridgehead atoms. The Morgan fingerprint density at radius 3 is 2.42 bits per heavy atom. The number of nitrogens with one attached hydrogen (secondary N) is 1. The van der Waals surface area contributed by atoms with Gasteiger partial charge in [-0.15, -0.1) is 0 Å². The van der Waals surface area contributed by atoms with Gasteiger partial charge in [0.05, 0.1) is 6.61 Å². The van der Waals surface area contributed by atoms with Crippen LogP contribution in [0.4, 0.5) is 0 Å². The van der Waals surface area contributed by atoms with E-state index in [9.17, 15) is 9.59 Å². The van der Waals surface area contributed by atoms with Crippen LogP contribution in [0.15, 0.2) is 12.3 Å². The molecule has 4 heteroatoms. The maximum absolute atomic E-state index is 10.5. The highest BCUT2D eigenvalue weighted by Gasteiger charge is 1.97. The normalized spacial score (nSPS) is 8.83. The first-order valence-corrected chi connectivity index (χ1v) is 3.61. The Morgan fingerprint density at radius 2 is 2.00 bits per heavy atom. The van der Waals surface area contributed by atoms with E-state index in [0.717, 1.165) is 0 Å². The van der Waals surface area contributed by atoms with E-state index in [2.05, 4.69) is 16.6 Å². The van der Waals surface area contributed by atoms with Crippen molar-refractivity contribution >= 4 is 11.9 Å². The van der Waals surface area contributed by atoms with E-state index in [-0.39, 0.29) is 18.5 Å². The minimum Gasteiger partial charge on any atom is -0.465 e. The molecule has 0 aromatic heterocycles. The van der Waals surface area contributed by atoms with E-state index in [1.54, 1.807) is 0 Å². The first kappa shape index (κ1) is 10.7. The highest BCUT2D eigenvalue weighted by atomic mass is 16.5. The zero-order chi connectivity index (χ0) is 9.56. The van der Waals surface area contributed by atoms with Gasteiger partial charge >= 0.3 is 5.97 Å². The Balaban J connectivity index is 3.44. The Hall–Kier alpha value is -1.32. The molecule has 0 saturated heterocycles. The second kappa shape index (κ2) is 5.35. The lowest BCUT2D eigenvalue weighted by Gasteiger charge is -2.05. The molecule has 12 heavy (non-hydrogen) atoms. The van der Waals surface area contributed by atoms with E-state index in [4.69, 9.17) is 0 Å². The SMILES string of the molecule is C=C(CCOC(C)=O)NC(C)=O. The third-order valence-corrected chi connectivity index (χ3v) is 1.06. The van der Waals surface area contributed by atoms with Crippen molar-refractivity contribution in [3.63, 3.8) is 0 Å². The molecule has 0 saturated carbocycles. The zero-order valence-corrected chi connectivity index (χ0v) is 7.35. The number of carbonyl (C=O) groups is 2. The van der Waals surface area contributed by atoms with Crippen LogP contribution in [0.2, 0.25) is 0 Å². The highest BCUT2D eigenvalue weighted by molar-refractivity contribution is 5.74. The van der Waals surface area contributed by atoms with Crippen LogP contribution in [0.1, 0.15) is 20.3 Å². The molecule has 0 spiro atoms. The maximum Gasteiger partial charge on any atom is 0.302 e. The summed E-state index contributed by atoms with van der Waals surface area (Å²) in [6.45, 7) is 6.56. The average Bonchev–Trinajstić information content (AvgIpc) is 1.84. The molecular formula is C8H13NO3. The predicted molar refractivity (Wildman–Crippen MR) is 44.2 cm³/mol. The van der Waals surface area contributed by atoms with E-state index in [1.807, 2.05) is 0 Å². The first-order chi connectivity index (χ1) is 5.52. The van der Waals surface area contributed by atoms with Crippen LogP contribution in [0.5, 0.6) is 0 Å². The van der Waals surface area contributed by atoms with Crippen molar-refractivity contribution in [1.29, 1.82) is 0 Å². The highest BCUT2D eigenvalue weighted by Crippen LogP contribution is 1.93. The number of ether oxygens (including phenoxy) is 1. The number of rotatable bonds is 4. The summed E-state index contributed by atoms with van der Waals surface area (Å²) in [6.07, 6.45) is 0.457. The van der Waals surface area contributed by atoms with Crippen LogP contribution in [-0.4, -0.2) is 18.5 Å². The van der Waals surface area contributed by atoms with Crippen molar-refractivity contribution in [2.24, 2.45) is 0 Å². The number of hydrogen-bond acceptors (Lipinski definition) is 3. The van der Waals surface area contributed by atoms with Crippen molar-refractivity contribution in [3.8, 4) is 0 Å². The summed E-state index contributed by atoms with van der Waals surface area (Å²) in [7, 11) is 0. The minimum absolute atomic E-state index is 0.164. The molecule has 0 aliphatic carbocycles. The van der Waals surface area contributed by atoms with Gasteiger partial charge in [0.2, 0.25) is 5.91 Å². The molecule has 0 heterocycles. The van der Waals surface area contributed by atoms with Gasteiger partial charge in [0.1, 0.15) is 0 Å². The van der Waals surface area contributed by atoms with E-state index >= 15 is 0 Å². The third-order valence-electron chi connectivity index (χ3n) is 1.06. The van der Waals surface area contributed by atoms with Gasteiger partial charge < -0.3 is 10.1 Å². The van der Waals surface area contributed by atoms with Crippen LogP contribution in [0.25, 0.3) is 0 Å². The van der Waals surface area contributed by atoms with Gasteiger partial charge in [-0.25, -0.2) is 0 Å². The molecule has 0 aromatic rings. The molecule has 0 fully saturated rings. The van der Waals surface area contributed by atoms with Crippen LogP contribution >= 0.6 is 0 Å². The van der Waals surface area contributed by atoms with Gasteiger partial charge in [-0.1, -0.05) is 6.58 Å². The molecule has 0 rings (SSSR count). The van der Waals surface area contributed by atoms with Gasteiger partial charge in [0.25, 0.3) is 0 Å². The lowest BCUT2D eigenvalue weighted by molar-refractivity contribution is -0.140. The quantitative estimate of drug-likeness (QED) is 0.630. The van der Waals surface area contributed by atoms with Crippen molar-refractivity contribution in [1.82, 2.24) is 5.32 Å². The number of amides is 1. The van der Waals surface area contributed by atoms with Crippen molar-refractivity contribution in [2.45, 2.75) is 20.3 Å². The maximum atomic E-state index is 10.5. The Morgan fingerprint density at radius 1 is 1.42 bits per heavy atom. The monoisotopic (exact) mass is 171 g/mol. The molecule has 0 atom stereocenters. The van der Waals surface area contributed by atoms with E-state index < -0.39 is 0 Å². The van der Waals surface area contributed by atoms with Gasteiger partial charge in [0.15, 0.2) is 0 Å². The molecule has 0 aliphatic rings. The Kier molecular flexibility index (Phi) is 4.76. The van der Waals surface area contributed by atoms with Gasteiger partial charge in [-0.05, 0) is 0 Å². The van der Waals surface area contributed by atoms with Gasteiger partial charge in [-0.3, -0.25) is 9.59 Å². The van der Waals surface area contributed by atoms with Crippen LogP contribution in [-0.2, 0) is 14.3 Å². The Bertz CT molecular complexity index is 198. The van der Waals surface area contributed by atoms with E-state index in [1.165, 1.54) is 13.8 Å². The second-order valence-corrected chi connectivity index (χ2v) is 2.37. The van der Waals surface area contributed by atoms with Crippen molar-refractivity contribution in [2.75, 3.05) is 6.61 Å². The Labute approximate surface area is 71.6 Å². The summed E-state index contributed by atoms with van der Waals surface area (Å²) in [5, 5.41) is 2.49. The number of hydrogen-bond donors (Lipinski definition) is 1. The van der Waals surface area contributed by atoms with Crippen molar-refractivity contribution < 1.29 is 14.3 Å². The molecule has 0 radical (unpaired) electrons. The number of carbonyl (C=O) groups excluding carboxylic acids is 2. The van der Waals surface area contributed by atoms with Crippen molar-refractivity contribution in [3.05, 3.63) is 12.3 Å². The summed E-state index contributed by atoms with van der Waals surface area (Å²) in [4.78, 5) is 20.8. The number of esters is 1. The first-order valence-electron chi connectivity index (χ1n) is 3.61.